The maximum absolute atomic E-state index is 12.3. The lowest BCUT2D eigenvalue weighted by atomic mass is 9.99. The Bertz CT molecular complexity index is 797. The zero-order chi connectivity index (χ0) is 20.9. The van der Waals surface area contributed by atoms with Crippen molar-refractivity contribution in [1.29, 1.82) is 0 Å². The minimum Gasteiger partial charge on any atom is -0.354 e. The van der Waals surface area contributed by atoms with E-state index in [-0.39, 0.29) is 27.3 Å². The third-order valence-electron chi connectivity index (χ3n) is 4.80. The smallest absolute Gasteiger partial charge is 0.240 e. The Morgan fingerprint density at radius 2 is 1.79 bits per heavy atom. The lowest BCUT2D eigenvalue weighted by Gasteiger charge is -2.30. The van der Waals surface area contributed by atoms with Crippen LogP contribution in [0.3, 0.4) is 0 Å². The molecule has 2 rings (SSSR count). The highest BCUT2D eigenvalue weighted by atomic mass is 35.5. The maximum Gasteiger partial charge on any atom is 0.240 e. The van der Waals surface area contributed by atoms with Crippen molar-refractivity contribution in [1.82, 2.24) is 10.2 Å². The van der Waals surface area contributed by atoms with E-state index in [2.05, 4.69) is 17.1 Å². The summed E-state index contributed by atoms with van der Waals surface area (Å²) in [7, 11) is -3.74. The molecule has 10 heteroatoms. The molecule has 0 aromatic heterocycles. The quantitative estimate of drug-likeness (QED) is 0.465. The minimum atomic E-state index is -3.74. The summed E-state index contributed by atoms with van der Waals surface area (Å²) >= 11 is 18.0. The van der Waals surface area contributed by atoms with Crippen molar-refractivity contribution in [3.63, 3.8) is 0 Å². The largest absolute Gasteiger partial charge is 0.354 e. The number of piperidine rings is 1. The van der Waals surface area contributed by atoms with E-state index in [1.807, 2.05) is 0 Å². The molecule has 28 heavy (non-hydrogen) atoms. The van der Waals surface area contributed by atoms with Gasteiger partial charge >= 0.3 is 0 Å². The van der Waals surface area contributed by atoms with Gasteiger partial charge in [-0.2, -0.15) is 0 Å². The second kappa shape index (κ2) is 10.3. The van der Waals surface area contributed by atoms with E-state index in [1.54, 1.807) is 0 Å². The highest BCUT2D eigenvalue weighted by molar-refractivity contribution is 7.92. The van der Waals surface area contributed by atoms with E-state index >= 15 is 0 Å². The molecular weight excluding hydrogens is 445 g/mol. The Morgan fingerprint density at radius 3 is 2.39 bits per heavy atom. The minimum absolute atomic E-state index is 0.104. The topological polar surface area (TPSA) is 69.7 Å². The van der Waals surface area contributed by atoms with Crippen LogP contribution in [0.15, 0.2) is 12.1 Å². The van der Waals surface area contributed by atoms with E-state index in [0.29, 0.717) is 6.54 Å². The van der Waals surface area contributed by atoms with Gasteiger partial charge in [0.1, 0.15) is 6.54 Å². The van der Waals surface area contributed by atoms with Crippen molar-refractivity contribution in [2.45, 2.75) is 26.2 Å². The van der Waals surface area contributed by atoms with Crippen LogP contribution in [0.2, 0.25) is 15.1 Å². The van der Waals surface area contributed by atoms with Crippen molar-refractivity contribution in [3.05, 3.63) is 27.2 Å². The number of hydrogen-bond acceptors (Lipinski definition) is 4. The van der Waals surface area contributed by atoms with Gasteiger partial charge in [-0.15, -0.1) is 0 Å². The molecule has 0 aliphatic carbocycles. The maximum atomic E-state index is 12.3. The summed E-state index contributed by atoms with van der Waals surface area (Å²) in [5, 5.41) is 3.25. The highest BCUT2D eigenvalue weighted by Crippen LogP contribution is 2.35. The lowest BCUT2D eigenvalue weighted by Crippen LogP contribution is -2.41. The molecule has 1 fully saturated rings. The molecule has 1 aromatic carbocycles. The average molecular weight is 471 g/mol. The van der Waals surface area contributed by atoms with Crippen LogP contribution in [-0.2, 0) is 14.8 Å². The van der Waals surface area contributed by atoms with E-state index in [4.69, 9.17) is 34.8 Å². The lowest BCUT2D eigenvalue weighted by molar-refractivity contribution is -0.119. The van der Waals surface area contributed by atoms with Crippen molar-refractivity contribution in [2.75, 3.05) is 43.3 Å². The number of carbonyl (C=O) groups excluding carboxylic acids is 1. The first-order valence-electron chi connectivity index (χ1n) is 9.19. The number of likely N-dealkylation sites (tertiary alicyclic amines) is 1. The third-order valence-corrected chi connectivity index (χ3v) is 6.95. The van der Waals surface area contributed by atoms with Crippen LogP contribution >= 0.6 is 34.8 Å². The summed E-state index contributed by atoms with van der Waals surface area (Å²) in [4.78, 5) is 14.7. The zero-order valence-electron chi connectivity index (χ0n) is 16.1. The summed E-state index contributed by atoms with van der Waals surface area (Å²) in [6, 6.07) is 2.70. The Kier molecular flexibility index (Phi) is 8.70. The Morgan fingerprint density at radius 1 is 1.18 bits per heavy atom. The predicted octanol–water partition coefficient (Wildman–Crippen LogP) is 3.65. The van der Waals surface area contributed by atoms with Crippen LogP contribution in [0.25, 0.3) is 0 Å². The Labute approximate surface area is 182 Å². The molecule has 1 N–H and O–H groups in total. The molecule has 1 aliphatic rings. The fourth-order valence-corrected chi connectivity index (χ4v) is 4.64. The summed E-state index contributed by atoms with van der Waals surface area (Å²) < 4.78 is 25.3. The predicted molar refractivity (Wildman–Crippen MR) is 116 cm³/mol. The number of amides is 1. The van der Waals surface area contributed by atoms with Crippen LogP contribution in [0.5, 0.6) is 0 Å². The van der Waals surface area contributed by atoms with E-state index in [1.165, 1.54) is 25.0 Å². The number of halogens is 3. The second-order valence-corrected chi connectivity index (χ2v) is 10.3. The zero-order valence-corrected chi connectivity index (χ0v) is 19.1. The molecule has 0 bridgehead atoms. The number of carbonyl (C=O) groups is 1. The molecule has 0 unspecified atom stereocenters. The molecule has 0 spiro atoms. The average Bonchev–Trinajstić information content (AvgIpc) is 2.61. The first-order chi connectivity index (χ1) is 13.1. The van der Waals surface area contributed by atoms with Crippen LogP contribution < -0.4 is 9.62 Å². The molecule has 1 amide bonds. The fourth-order valence-electron chi connectivity index (χ4n) is 3.09. The molecule has 1 aromatic rings. The monoisotopic (exact) mass is 469 g/mol. The molecule has 0 atom stereocenters. The summed E-state index contributed by atoms with van der Waals surface area (Å²) in [6.45, 7) is 5.47. The highest BCUT2D eigenvalue weighted by Gasteiger charge is 2.24. The number of hydrogen-bond donors (Lipinski definition) is 1. The first-order valence-corrected chi connectivity index (χ1v) is 12.2. The second-order valence-electron chi connectivity index (χ2n) is 7.22. The van der Waals surface area contributed by atoms with Gasteiger partial charge in [0.15, 0.2) is 0 Å². The van der Waals surface area contributed by atoms with E-state index in [9.17, 15) is 13.2 Å². The molecule has 158 valence electrons. The van der Waals surface area contributed by atoms with Crippen LogP contribution in [0.4, 0.5) is 5.69 Å². The fraction of sp³-hybridized carbons (Fsp3) is 0.611. The Balaban J connectivity index is 1.91. The Hall–Kier alpha value is -0.730. The van der Waals surface area contributed by atoms with Gasteiger partial charge in [0, 0.05) is 6.54 Å². The summed E-state index contributed by atoms with van der Waals surface area (Å²) in [6.07, 6.45) is 4.24. The third kappa shape index (κ3) is 6.95. The number of rotatable bonds is 8. The van der Waals surface area contributed by atoms with Gasteiger partial charge in [0.2, 0.25) is 15.9 Å². The van der Waals surface area contributed by atoms with Crippen LogP contribution in [-0.4, -0.2) is 58.2 Å². The standard InChI is InChI=1S/C18H26Cl3N3O3S/c1-13-4-8-23(9-5-13)7-3-6-22-18(25)12-24(28(2,26)27)17-11-15(20)14(19)10-16(17)21/h10-11,13H,3-9,12H2,1-2H3,(H,22,25). The van der Waals surface area contributed by atoms with E-state index < -0.39 is 15.9 Å². The van der Waals surface area contributed by atoms with Gasteiger partial charge in [-0.3, -0.25) is 9.10 Å². The van der Waals surface area contributed by atoms with Gasteiger partial charge in [-0.1, -0.05) is 41.7 Å². The van der Waals surface area contributed by atoms with Crippen molar-refractivity contribution < 1.29 is 13.2 Å². The molecule has 6 nitrogen and oxygen atoms in total. The molecule has 0 saturated carbocycles. The van der Waals surface area contributed by atoms with E-state index in [0.717, 1.165) is 42.5 Å². The molecule has 0 radical (unpaired) electrons. The van der Waals surface area contributed by atoms with Gasteiger partial charge in [-0.25, -0.2) is 8.42 Å². The summed E-state index contributed by atoms with van der Waals surface area (Å²) in [5.41, 5.74) is 0.121. The van der Waals surface area contributed by atoms with Crippen molar-refractivity contribution >= 4 is 56.4 Å². The molecule has 1 saturated heterocycles. The molecular formula is C18H26Cl3N3O3S. The van der Waals surface area contributed by atoms with Gasteiger partial charge in [-0.05, 0) is 56.9 Å². The number of sulfonamides is 1. The van der Waals surface area contributed by atoms with Gasteiger partial charge in [0.25, 0.3) is 0 Å². The molecule has 1 aliphatic heterocycles. The van der Waals surface area contributed by atoms with Gasteiger partial charge in [0.05, 0.1) is 27.0 Å². The number of nitrogens with one attached hydrogen (secondary N) is 1. The van der Waals surface area contributed by atoms with Crippen molar-refractivity contribution in [2.24, 2.45) is 5.92 Å². The number of nitrogens with zero attached hydrogens (tertiary/aromatic N) is 2. The molecule has 1 heterocycles. The van der Waals surface area contributed by atoms with Crippen LogP contribution in [0, 0.1) is 5.92 Å². The van der Waals surface area contributed by atoms with Gasteiger partial charge < -0.3 is 10.2 Å². The number of benzene rings is 1. The summed E-state index contributed by atoms with van der Waals surface area (Å²) in [5.74, 6) is 0.381. The van der Waals surface area contributed by atoms with Crippen molar-refractivity contribution in [3.8, 4) is 0 Å². The normalized spacial score (nSPS) is 16.2. The number of anilines is 1. The van der Waals surface area contributed by atoms with Crippen LogP contribution in [0.1, 0.15) is 26.2 Å². The first kappa shape index (κ1) is 23.5. The SMILES string of the molecule is CC1CCN(CCCNC(=O)CN(c2cc(Cl)c(Cl)cc2Cl)S(C)(=O)=O)CC1.